The van der Waals surface area contributed by atoms with Crippen molar-refractivity contribution < 1.29 is 26.3 Å². The fourth-order valence-electron chi connectivity index (χ4n) is 3.31. The molecule has 0 saturated carbocycles. The van der Waals surface area contributed by atoms with Crippen molar-refractivity contribution in [2.45, 2.75) is 23.6 Å². The first-order valence-electron chi connectivity index (χ1n) is 10.3. The Balaban J connectivity index is 2.07. The molecule has 0 radical (unpaired) electrons. The lowest BCUT2D eigenvalue weighted by molar-refractivity contribution is 0.331. The first-order valence-corrected chi connectivity index (χ1v) is 14.1. The predicted octanol–water partition coefficient (Wildman–Crippen LogP) is 4.87. The number of ether oxygens (including phenoxy) is 2. The van der Waals surface area contributed by atoms with Crippen LogP contribution in [0.5, 0.6) is 11.5 Å². The molecule has 0 unspecified atom stereocenters. The van der Waals surface area contributed by atoms with E-state index in [1.165, 1.54) is 35.7 Å². The maximum absolute atomic E-state index is 13.4. The Bertz CT molecular complexity index is 1360. The van der Waals surface area contributed by atoms with E-state index in [0.29, 0.717) is 10.2 Å². The maximum Gasteiger partial charge on any atom is 0.265 e. The number of sulfonamides is 2. The SMILES string of the molecule is CCOc1ccc(Br)cc1S(=O)(=O)Nc1cc(S(=O)(=O)N(CC)c2ccccc2)ccc1OC. The van der Waals surface area contributed by atoms with Crippen LogP contribution in [0.4, 0.5) is 11.4 Å². The summed E-state index contributed by atoms with van der Waals surface area (Å²) in [7, 11) is -6.77. The molecule has 0 aromatic heterocycles. The van der Waals surface area contributed by atoms with Gasteiger partial charge in [0.15, 0.2) is 0 Å². The molecule has 182 valence electrons. The number of hydrogen-bond donors (Lipinski definition) is 1. The summed E-state index contributed by atoms with van der Waals surface area (Å²) in [6.45, 7) is 3.93. The van der Waals surface area contributed by atoms with Crippen molar-refractivity contribution in [3.63, 3.8) is 0 Å². The fourth-order valence-corrected chi connectivity index (χ4v) is 6.55. The second-order valence-electron chi connectivity index (χ2n) is 7.00. The molecule has 0 aliphatic carbocycles. The van der Waals surface area contributed by atoms with Crippen LogP contribution in [-0.2, 0) is 20.0 Å². The van der Waals surface area contributed by atoms with Gasteiger partial charge in [-0.3, -0.25) is 9.03 Å². The first kappa shape index (κ1) is 25.9. The standard InChI is InChI=1S/C23H25BrN2O6S2/c1-4-26(18-9-7-6-8-10-18)34(29,30)19-12-14-21(31-3)20(16-19)25-33(27,28)23-15-17(24)11-13-22(23)32-5-2/h6-16,25H,4-5H2,1-3H3. The van der Waals surface area contributed by atoms with Gasteiger partial charge in [0.25, 0.3) is 20.0 Å². The Hall–Kier alpha value is -2.76. The second kappa shape index (κ2) is 10.7. The molecule has 34 heavy (non-hydrogen) atoms. The molecule has 8 nitrogen and oxygen atoms in total. The molecule has 0 heterocycles. The summed E-state index contributed by atoms with van der Waals surface area (Å²) in [6.07, 6.45) is 0. The Labute approximate surface area is 208 Å². The Morgan fingerprint density at radius 3 is 2.21 bits per heavy atom. The van der Waals surface area contributed by atoms with Crippen LogP contribution in [0, 0.1) is 0 Å². The highest BCUT2D eigenvalue weighted by Gasteiger charge is 2.27. The molecule has 0 atom stereocenters. The molecule has 0 bridgehead atoms. The zero-order chi connectivity index (χ0) is 24.9. The van der Waals surface area contributed by atoms with E-state index >= 15 is 0 Å². The highest BCUT2D eigenvalue weighted by Crippen LogP contribution is 2.34. The van der Waals surface area contributed by atoms with E-state index in [0.717, 1.165) is 0 Å². The minimum atomic E-state index is -4.15. The normalized spacial score (nSPS) is 11.6. The van der Waals surface area contributed by atoms with Gasteiger partial charge >= 0.3 is 0 Å². The second-order valence-corrected chi connectivity index (χ2v) is 11.4. The summed E-state index contributed by atoms with van der Waals surface area (Å²) in [5, 5.41) is 0. The van der Waals surface area contributed by atoms with Crippen LogP contribution in [0.25, 0.3) is 0 Å². The molecular formula is C23H25BrN2O6S2. The third kappa shape index (κ3) is 5.48. The van der Waals surface area contributed by atoms with E-state index in [9.17, 15) is 16.8 Å². The van der Waals surface area contributed by atoms with Gasteiger partial charge in [-0.1, -0.05) is 34.1 Å². The molecule has 0 aliphatic heterocycles. The molecule has 0 amide bonds. The molecule has 3 rings (SSSR count). The van der Waals surface area contributed by atoms with E-state index in [-0.39, 0.29) is 40.1 Å². The van der Waals surface area contributed by atoms with Crippen molar-refractivity contribution in [3.05, 3.63) is 71.2 Å². The number of nitrogens with one attached hydrogen (secondary N) is 1. The zero-order valence-electron chi connectivity index (χ0n) is 18.9. The van der Waals surface area contributed by atoms with Crippen molar-refractivity contribution >= 4 is 47.4 Å². The van der Waals surface area contributed by atoms with E-state index in [4.69, 9.17) is 9.47 Å². The van der Waals surface area contributed by atoms with Gasteiger partial charge in [0.2, 0.25) is 0 Å². The van der Waals surface area contributed by atoms with Crippen LogP contribution >= 0.6 is 15.9 Å². The fraction of sp³-hybridized carbons (Fsp3) is 0.217. The molecule has 1 N–H and O–H groups in total. The van der Waals surface area contributed by atoms with E-state index in [1.807, 2.05) is 0 Å². The number of rotatable bonds is 10. The molecule has 3 aromatic rings. The van der Waals surface area contributed by atoms with Gasteiger partial charge in [-0.2, -0.15) is 0 Å². The topological polar surface area (TPSA) is 102 Å². The number of benzene rings is 3. The molecule has 0 fully saturated rings. The number of para-hydroxylation sites is 1. The van der Waals surface area contributed by atoms with Gasteiger partial charge in [-0.15, -0.1) is 0 Å². The maximum atomic E-state index is 13.4. The number of halogens is 1. The lowest BCUT2D eigenvalue weighted by Gasteiger charge is -2.23. The van der Waals surface area contributed by atoms with Crippen LogP contribution in [0.1, 0.15) is 13.8 Å². The number of methoxy groups -OCH3 is 1. The smallest absolute Gasteiger partial charge is 0.265 e. The molecule has 0 aliphatic rings. The van der Waals surface area contributed by atoms with Gasteiger partial charge < -0.3 is 9.47 Å². The lowest BCUT2D eigenvalue weighted by atomic mass is 10.3. The predicted molar refractivity (Wildman–Crippen MR) is 136 cm³/mol. The number of hydrogen-bond acceptors (Lipinski definition) is 6. The van der Waals surface area contributed by atoms with Gasteiger partial charge in [0.05, 0.1) is 30.0 Å². The van der Waals surface area contributed by atoms with Crippen molar-refractivity contribution in [1.82, 2.24) is 0 Å². The van der Waals surface area contributed by atoms with E-state index in [1.54, 1.807) is 56.3 Å². The minimum absolute atomic E-state index is 0.0184. The van der Waals surface area contributed by atoms with Crippen LogP contribution < -0.4 is 18.5 Å². The number of anilines is 2. The average molecular weight is 569 g/mol. The van der Waals surface area contributed by atoms with Crippen molar-refractivity contribution in [2.75, 3.05) is 29.3 Å². The Morgan fingerprint density at radius 1 is 0.912 bits per heavy atom. The molecule has 11 heteroatoms. The van der Waals surface area contributed by atoms with Gasteiger partial charge in [0.1, 0.15) is 16.4 Å². The van der Waals surface area contributed by atoms with Gasteiger partial charge in [-0.05, 0) is 62.4 Å². The van der Waals surface area contributed by atoms with Crippen LogP contribution in [0.2, 0.25) is 0 Å². The quantitative estimate of drug-likeness (QED) is 0.374. The van der Waals surface area contributed by atoms with Crippen molar-refractivity contribution in [1.29, 1.82) is 0 Å². The van der Waals surface area contributed by atoms with Crippen LogP contribution in [0.15, 0.2) is 81.0 Å². The third-order valence-electron chi connectivity index (χ3n) is 4.83. The zero-order valence-corrected chi connectivity index (χ0v) is 22.1. The molecule has 0 saturated heterocycles. The average Bonchev–Trinajstić information content (AvgIpc) is 2.81. The van der Waals surface area contributed by atoms with Gasteiger partial charge in [-0.25, -0.2) is 16.8 Å². The molecule has 0 spiro atoms. The van der Waals surface area contributed by atoms with Gasteiger partial charge in [0, 0.05) is 11.0 Å². The molecule has 3 aromatic carbocycles. The van der Waals surface area contributed by atoms with Crippen LogP contribution in [0.3, 0.4) is 0 Å². The minimum Gasteiger partial charge on any atom is -0.495 e. The summed E-state index contributed by atoms with van der Waals surface area (Å²) < 4.78 is 68.4. The Morgan fingerprint density at radius 2 is 1.59 bits per heavy atom. The number of nitrogens with zero attached hydrogens (tertiary/aromatic N) is 1. The van der Waals surface area contributed by atoms with E-state index < -0.39 is 20.0 Å². The summed E-state index contributed by atoms with van der Waals surface area (Å²) in [4.78, 5) is -0.186. The summed E-state index contributed by atoms with van der Waals surface area (Å²) >= 11 is 3.28. The van der Waals surface area contributed by atoms with Crippen molar-refractivity contribution in [2.24, 2.45) is 0 Å². The first-order chi connectivity index (χ1) is 16.1. The van der Waals surface area contributed by atoms with E-state index in [2.05, 4.69) is 20.7 Å². The lowest BCUT2D eigenvalue weighted by Crippen LogP contribution is -2.30. The van der Waals surface area contributed by atoms with Crippen molar-refractivity contribution in [3.8, 4) is 11.5 Å². The monoisotopic (exact) mass is 568 g/mol. The third-order valence-corrected chi connectivity index (χ3v) is 8.61. The summed E-state index contributed by atoms with van der Waals surface area (Å²) in [5.74, 6) is 0.334. The molecular weight excluding hydrogens is 544 g/mol. The summed E-state index contributed by atoms with van der Waals surface area (Å²) in [6, 6.07) is 17.3. The highest BCUT2D eigenvalue weighted by atomic mass is 79.9. The Kier molecular flexibility index (Phi) is 8.11. The highest BCUT2D eigenvalue weighted by molar-refractivity contribution is 9.10. The largest absolute Gasteiger partial charge is 0.495 e. The van der Waals surface area contributed by atoms with Crippen LogP contribution in [-0.4, -0.2) is 37.1 Å². The summed E-state index contributed by atoms with van der Waals surface area (Å²) in [5.41, 5.74) is 0.480.